The standard InChI is InChI=1S/C33H27BrN2O6/c1-21-3-5-22(6-4-21)20-42-29-16-9-24(18-30(29)40-2)17-28-31(37)35-33(39)36(32(28)38)26-12-14-27(15-13-26)41-19-23-7-10-25(34)11-8-23/h3-18H,19-20H2,1-2H3,(H,35,37,39)/b28-17+. The molecule has 0 radical (unpaired) electrons. The minimum absolute atomic E-state index is 0.194. The molecule has 1 fully saturated rings. The van der Waals surface area contributed by atoms with Crippen LogP contribution in [0.2, 0.25) is 0 Å². The number of carbonyl (C=O) groups excluding carboxylic acids is 3. The van der Waals surface area contributed by atoms with Crippen molar-refractivity contribution in [2.45, 2.75) is 20.1 Å². The maximum absolute atomic E-state index is 13.4. The number of benzene rings is 4. The second-order valence-corrected chi connectivity index (χ2v) is 10.5. The molecule has 212 valence electrons. The Bertz CT molecular complexity index is 1650. The molecule has 5 rings (SSSR count). The quantitative estimate of drug-likeness (QED) is 0.166. The second-order valence-electron chi connectivity index (χ2n) is 9.55. The van der Waals surface area contributed by atoms with E-state index in [1.54, 1.807) is 42.5 Å². The van der Waals surface area contributed by atoms with Crippen LogP contribution >= 0.6 is 15.9 Å². The van der Waals surface area contributed by atoms with E-state index in [9.17, 15) is 14.4 Å². The van der Waals surface area contributed by atoms with Crippen molar-refractivity contribution in [2.75, 3.05) is 12.0 Å². The summed E-state index contributed by atoms with van der Waals surface area (Å²) >= 11 is 3.41. The van der Waals surface area contributed by atoms with Crippen molar-refractivity contribution < 1.29 is 28.6 Å². The van der Waals surface area contributed by atoms with Crippen LogP contribution in [-0.2, 0) is 22.8 Å². The molecule has 8 nitrogen and oxygen atoms in total. The lowest BCUT2D eigenvalue weighted by molar-refractivity contribution is -0.122. The summed E-state index contributed by atoms with van der Waals surface area (Å²) in [7, 11) is 1.51. The van der Waals surface area contributed by atoms with Crippen molar-refractivity contribution in [1.82, 2.24) is 5.32 Å². The number of rotatable bonds is 9. The molecule has 1 heterocycles. The monoisotopic (exact) mass is 626 g/mol. The van der Waals surface area contributed by atoms with Crippen molar-refractivity contribution in [3.8, 4) is 17.2 Å². The van der Waals surface area contributed by atoms with E-state index in [-0.39, 0.29) is 5.57 Å². The normalized spacial score (nSPS) is 14.1. The summed E-state index contributed by atoms with van der Waals surface area (Å²) in [5.41, 5.74) is 3.79. The molecular formula is C33H27BrN2O6. The molecular weight excluding hydrogens is 600 g/mol. The fourth-order valence-corrected chi connectivity index (χ4v) is 4.50. The molecule has 0 aliphatic carbocycles. The first-order valence-corrected chi connectivity index (χ1v) is 13.8. The van der Waals surface area contributed by atoms with Gasteiger partial charge >= 0.3 is 6.03 Å². The predicted octanol–water partition coefficient (Wildman–Crippen LogP) is 6.59. The number of urea groups is 1. The van der Waals surface area contributed by atoms with Gasteiger partial charge in [-0.2, -0.15) is 0 Å². The van der Waals surface area contributed by atoms with E-state index >= 15 is 0 Å². The Morgan fingerprint density at radius 1 is 0.786 bits per heavy atom. The van der Waals surface area contributed by atoms with Gasteiger partial charge in [0.15, 0.2) is 11.5 Å². The molecule has 1 saturated heterocycles. The minimum atomic E-state index is -0.830. The van der Waals surface area contributed by atoms with E-state index in [0.29, 0.717) is 41.7 Å². The van der Waals surface area contributed by atoms with Crippen LogP contribution in [0.15, 0.2) is 101 Å². The number of methoxy groups -OCH3 is 1. The number of aryl methyl sites for hydroxylation is 1. The fraction of sp³-hybridized carbons (Fsp3) is 0.121. The number of ether oxygens (including phenoxy) is 3. The third kappa shape index (κ3) is 6.70. The van der Waals surface area contributed by atoms with Crippen molar-refractivity contribution in [3.63, 3.8) is 0 Å². The molecule has 0 bridgehead atoms. The van der Waals surface area contributed by atoms with Crippen molar-refractivity contribution >= 4 is 45.5 Å². The van der Waals surface area contributed by atoms with Gasteiger partial charge in [-0.05, 0) is 78.2 Å². The van der Waals surface area contributed by atoms with Gasteiger partial charge in [-0.3, -0.25) is 14.9 Å². The highest BCUT2D eigenvalue weighted by Gasteiger charge is 2.36. The number of hydrogen-bond acceptors (Lipinski definition) is 6. The van der Waals surface area contributed by atoms with E-state index in [1.807, 2.05) is 55.5 Å². The molecule has 9 heteroatoms. The molecule has 1 N–H and O–H groups in total. The number of anilines is 1. The van der Waals surface area contributed by atoms with Crippen molar-refractivity contribution in [2.24, 2.45) is 0 Å². The highest BCUT2D eigenvalue weighted by atomic mass is 79.9. The van der Waals surface area contributed by atoms with Gasteiger partial charge in [0.05, 0.1) is 12.8 Å². The molecule has 0 atom stereocenters. The first-order chi connectivity index (χ1) is 20.3. The van der Waals surface area contributed by atoms with Gasteiger partial charge in [0.1, 0.15) is 24.5 Å². The molecule has 4 aromatic carbocycles. The Hall–Kier alpha value is -4.89. The molecule has 0 saturated carbocycles. The Kier molecular flexibility index (Phi) is 8.68. The van der Waals surface area contributed by atoms with Gasteiger partial charge in [-0.25, -0.2) is 9.69 Å². The van der Waals surface area contributed by atoms with Crippen LogP contribution in [0.25, 0.3) is 6.08 Å². The van der Waals surface area contributed by atoms with Gasteiger partial charge < -0.3 is 14.2 Å². The van der Waals surface area contributed by atoms with Gasteiger partial charge in [-0.1, -0.05) is 64.0 Å². The number of amides is 4. The highest BCUT2D eigenvalue weighted by molar-refractivity contribution is 9.10. The summed E-state index contributed by atoms with van der Waals surface area (Å²) < 4.78 is 18.2. The maximum atomic E-state index is 13.4. The van der Waals surface area contributed by atoms with E-state index < -0.39 is 17.8 Å². The SMILES string of the molecule is COc1cc(/C=C2\C(=O)NC(=O)N(c3ccc(OCc4ccc(Br)cc4)cc3)C2=O)ccc1OCc1ccc(C)cc1. The first-order valence-electron chi connectivity index (χ1n) is 13.1. The summed E-state index contributed by atoms with van der Waals surface area (Å²) in [5.74, 6) is -0.0128. The smallest absolute Gasteiger partial charge is 0.335 e. The van der Waals surface area contributed by atoms with E-state index in [4.69, 9.17) is 14.2 Å². The van der Waals surface area contributed by atoms with Crippen LogP contribution in [0.1, 0.15) is 22.3 Å². The molecule has 0 aromatic heterocycles. The lowest BCUT2D eigenvalue weighted by Crippen LogP contribution is -2.54. The second kappa shape index (κ2) is 12.7. The molecule has 4 aromatic rings. The van der Waals surface area contributed by atoms with Gasteiger partial charge in [0.2, 0.25) is 0 Å². The zero-order valence-corrected chi connectivity index (χ0v) is 24.5. The number of nitrogens with zero attached hydrogens (tertiary/aromatic N) is 1. The average Bonchev–Trinajstić information content (AvgIpc) is 2.99. The summed E-state index contributed by atoms with van der Waals surface area (Å²) in [6.07, 6.45) is 1.42. The topological polar surface area (TPSA) is 94.2 Å². The number of barbiturate groups is 1. The summed E-state index contributed by atoms with van der Waals surface area (Å²) in [4.78, 5) is 39.6. The van der Waals surface area contributed by atoms with Crippen LogP contribution in [0.5, 0.6) is 17.2 Å². The predicted molar refractivity (Wildman–Crippen MR) is 162 cm³/mol. The molecule has 0 spiro atoms. The van der Waals surface area contributed by atoms with E-state index in [0.717, 1.165) is 26.1 Å². The fourth-order valence-electron chi connectivity index (χ4n) is 4.24. The number of halogens is 1. The molecule has 4 amide bonds. The summed E-state index contributed by atoms with van der Waals surface area (Å²) in [5, 5.41) is 2.24. The van der Waals surface area contributed by atoms with Crippen molar-refractivity contribution in [3.05, 3.63) is 123 Å². The zero-order chi connectivity index (χ0) is 29.6. The first kappa shape index (κ1) is 28.6. The van der Waals surface area contributed by atoms with Crippen LogP contribution in [-0.4, -0.2) is 25.0 Å². The largest absolute Gasteiger partial charge is 0.493 e. The molecule has 0 unspecified atom stereocenters. The Morgan fingerprint density at radius 2 is 1.43 bits per heavy atom. The zero-order valence-electron chi connectivity index (χ0n) is 22.9. The third-order valence-electron chi connectivity index (χ3n) is 6.53. The number of carbonyl (C=O) groups is 3. The van der Waals surface area contributed by atoms with Crippen LogP contribution in [0.4, 0.5) is 10.5 Å². The van der Waals surface area contributed by atoms with Crippen molar-refractivity contribution in [1.29, 1.82) is 0 Å². The van der Waals surface area contributed by atoms with Crippen LogP contribution in [0.3, 0.4) is 0 Å². The molecule has 1 aliphatic rings. The molecule has 1 aliphatic heterocycles. The average molecular weight is 627 g/mol. The lowest BCUT2D eigenvalue weighted by atomic mass is 10.1. The van der Waals surface area contributed by atoms with Gasteiger partial charge in [0, 0.05) is 4.47 Å². The van der Waals surface area contributed by atoms with Crippen LogP contribution < -0.4 is 24.4 Å². The van der Waals surface area contributed by atoms with E-state index in [1.165, 1.54) is 13.2 Å². The summed E-state index contributed by atoms with van der Waals surface area (Å²) in [6, 6.07) is 26.5. The Labute approximate surface area is 251 Å². The molecule has 42 heavy (non-hydrogen) atoms. The summed E-state index contributed by atoms with van der Waals surface area (Å²) in [6.45, 7) is 2.73. The maximum Gasteiger partial charge on any atom is 0.335 e. The van der Waals surface area contributed by atoms with E-state index in [2.05, 4.69) is 21.2 Å². The highest BCUT2D eigenvalue weighted by Crippen LogP contribution is 2.31. The van der Waals surface area contributed by atoms with Gasteiger partial charge in [-0.15, -0.1) is 0 Å². The minimum Gasteiger partial charge on any atom is -0.493 e. The number of hydrogen-bond donors (Lipinski definition) is 1. The van der Waals surface area contributed by atoms with Gasteiger partial charge in [0.25, 0.3) is 11.8 Å². The third-order valence-corrected chi connectivity index (χ3v) is 7.06. The number of imide groups is 2. The van der Waals surface area contributed by atoms with Crippen LogP contribution in [0, 0.1) is 6.92 Å². The number of nitrogens with one attached hydrogen (secondary N) is 1. The Balaban J connectivity index is 1.30. The lowest BCUT2D eigenvalue weighted by Gasteiger charge is -2.26. The Morgan fingerprint density at radius 3 is 2.10 bits per heavy atom.